The Labute approximate surface area is 114 Å². The van der Waals surface area contributed by atoms with Crippen molar-refractivity contribution in [3.63, 3.8) is 0 Å². The van der Waals surface area contributed by atoms with Crippen molar-refractivity contribution >= 4 is 11.3 Å². The summed E-state index contributed by atoms with van der Waals surface area (Å²) in [5.41, 5.74) is -0.804. The van der Waals surface area contributed by atoms with Crippen molar-refractivity contribution in [2.45, 2.75) is 38.5 Å². The van der Waals surface area contributed by atoms with Crippen LogP contribution in [0.25, 0.3) is 0 Å². The normalized spacial score (nSPS) is 20.1. The molecule has 2 heterocycles. The van der Waals surface area contributed by atoms with E-state index in [4.69, 9.17) is 4.74 Å². The van der Waals surface area contributed by atoms with Gasteiger partial charge in [-0.1, -0.05) is 0 Å². The van der Waals surface area contributed by atoms with E-state index in [2.05, 4.69) is 10.3 Å². The van der Waals surface area contributed by atoms with Gasteiger partial charge >= 0.3 is 6.18 Å². The van der Waals surface area contributed by atoms with E-state index < -0.39 is 11.9 Å². The number of halogens is 3. The highest BCUT2D eigenvalue weighted by molar-refractivity contribution is 7.09. The van der Waals surface area contributed by atoms with Crippen LogP contribution in [0.3, 0.4) is 0 Å². The summed E-state index contributed by atoms with van der Waals surface area (Å²) in [4.78, 5) is 3.65. The van der Waals surface area contributed by atoms with Gasteiger partial charge in [0.15, 0.2) is 5.69 Å². The minimum atomic E-state index is -4.36. The molecule has 19 heavy (non-hydrogen) atoms. The van der Waals surface area contributed by atoms with Gasteiger partial charge in [0.05, 0.1) is 19.3 Å². The van der Waals surface area contributed by atoms with Crippen LogP contribution in [0, 0.1) is 5.92 Å². The Kier molecular flexibility index (Phi) is 4.47. The van der Waals surface area contributed by atoms with E-state index in [1.165, 1.54) is 0 Å². The fourth-order valence-corrected chi connectivity index (χ4v) is 2.95. The van der Waals surface area contributed by atoms with Crippen LogP contribution in [0.15, 0.2) is 5.38 Å². The molecule has 2 unspecified atom stereocenters. The second-order valence-electron chi connectivity index (χ2n) is 5.00. The summed E-state index contributed by atoms with van der Waals surface area (Å²) in [5.74, 6) is 0.566. The van der Waals surface area contributed by atoms with Gasteiger partial charge in [-0.05, 0) is 20.3 Å². The molecule has 1 N–H and O–H groups in total. The van der Waals surface area contributed by atoms with Gasteiger partial charge in [-0.15, -0.1) is 11.3 Å². The molecule has 1 aliphatic rings. The first-order chi connectivity index (χ1) is 8.86. The van der Waals surface area contributed by atoms with Crippen LogP contribution in [0.4, 0.5) is 13.2 Å². The zero-order valence-electron chi connectivity index (χ0n) is 10.8. The lowest BCUT2D eigenvalue weighted by Gasteiger charge is -2.29. The summed E-state index contributed by atoms with van der Waals surface area (Å²) in [5, 5.41) is 4.83. The van der Waals surface area contributed by atoms with Gasteiger partial charge in [-0.25, -0.2) is 4.98 Å². The molecule has 0 aromatic carbocycles. The number of nitrogens with zero attached hydrogens (tertiary/aromatic N) is 1. The quantitative estimate of drug-likeness (QED) is 0.905. The highest BCUT2D eigenvalue weighted by Crippen LogP contribution is 2.31. The van der Waals surface area contributed by atoms with Crippen molar-refractivity contribution < 1.29 is 17.9 Å². The molecule has 2 atom stereocenters. The zero-order chi connectivity index (χ0) is 14.0. The number of nitrogens with one attached hydrogen (secondary N) is 1. The molecule has 0 aliphatic carbocycles. The Morgan fingerprint density at radius 3 is 2.63 bits per heavy atom. The summed E-state index contributed by atoms with van der Waals surface area (Å²) in [7, 11) is 0. The molecule has 1 aromatic heterocycles. The number of thiazole rings is 1. The zero-order valence-corrected chi connectivity index (χ0v) is 11.6. The predicted molar refractivity (Wildman–Crippen MR) is 67.1 cm³/mol. The molecule has 0 amide bonds. The van der Waals surface area contributed by atoms with Crippen molar-refractivity contribution in [1.82, 2.24) is 10.3 Å². The Morgan fingerprint density at radius 1 is 1.47 bits per heavy atom. The molecule has 1 fully saturated rings. The number of hydrogen-bond donors (Lipinski definition) is 1. The Bertz CT molecular complexity index is 417. The Hall–Kier alpha value is -0.660. The van der Waals surface area contributed by atoms with Gasteiger partial charge in [0, 0.05) is 17.3 Å². The highest BCUT2D eigenvalue weighted by Gasteiger charge is 2.34. The van der Waals surface area contributed by atoms with Crippen molar-refractivity contribution in [3.8, 4) is 0 Å². The number of ether oxygens (including phenoxy) is 1. The summed E-state index contributed by atoms with van der Waals surface area (Å²) < 4.78 is 42.5. The largest absolute Gasteiger partial charge is 0.434 e. The van der Waals surface area contributed by atoms with E-state index in [9.17, 15) is 13.2 Å². The third kappa shape index (κ3) is 3.90. The first kappa shape index (κ1) is 14.7. The first-order valence-corrected chi connectivity index (χ1v) is 7.10. The molecule has 1 aliphatic heterocycles. The van der Waals surface area contributed by atoms with Crippen LogP contribution in [-0.4, -0.2) is 24.2 Å². The molecule has 1 aromatic rings. The molecule has 0 bridgehead atoms. The molecule has 7 heteroatoms. The summed E-state index contributed by atoms with van der Waals surface area (Å²) >= 11 is 1.05. The van der Waals surface area contributed by atoms with Gasteiger partial charge in [-0.2, -0.15) is 13.2 Å². The molecule has 0 saturated carbocycles. The van der Waals surface area contributed by atoms with Crippen molar-refractivity contribution in [3.05, 3.63) is 16.1 Å². The minimum Gasteiger partial charge on any atom is -0.381 e. The van der Waals surface area contributed by atoms with Gasteiger partial charge in [0.2, 0.25) is 0 Å². The van der Waals surface area contributed by atoms with E-state index in [1.807, 2.05) is 13.8 Å². The molecule has 0 spiro atoms. The fourth-order valence-electron chi connectivity index (χ4n) is 2.10. The van der Waals surface area contributed by atoms with Crippen LogP contribution in [-0.2, 0) is 10.9 Å². The van der Waals surface area contributed by atoms with Crippen LogP contribution in [0.5, 0.6) is 0 Å². The second-order valence-corrected chi connectivity index (χ2v) is 5.89. The molecule has 0 radical (unpaired) electrons. The average molecular weight is 294 g/mol. The van der Waals surface area contributed by atoms with Crippen molar-refractivity contribution in [2.75, 3.05) is 13.2 Å². The predicted octanol–water partition coefficient (Wildman–Crippen LogP) is 3.24. The number of aromatic nitrogens is 1. The number of rotatable bonds is 5. The topological polar surface area (TPSA) is 34.1 Å². The lowest BCUT2D eigenvalue weighted by Crippen LogP contribution is -2.36. The van der Waals surface area contributed by atoms with E-state index in [0.29, 0.717) is 10.9 Å². The van der Waals surface area contributed by atoms with Crippen LogP contribution in [0.2, 0.25) is 0 Å². The lowest BCUT2D eigenvalue weighted by atomic mass is 9.99. The average Bonchev–Trinajstić information content (AvgIpc) is 2.72. The SMILES string of the molecule is CC(CC1COC1)NC(C)c1nc(C(F)(F)F)cs1. The Balaban J connectivity index is 1.88. The van der Waals surface area contributed by atoms with Gasteiger partial charge < -0.3 is 10.1 Å². The fraction of sp³-hybridized carbons (Fsp3) is 0.750. The third-order valence-electron chi connectivity index (χ3n) is 3.11. The standard InChI is InChI=1S/C12H17F3N2OS/c1-7(3-9-4-18-5-9)16-8(2)11-17-10(6-19-11)12(13,14)15/h6-9,16H,3-5H2,1-2H3. The maximum atomic E-state index is 12.5. The molecule has 1 saturated heterocycles. The van der Waals surface area contributed by atoms with Gasteiger partial charge in [0.25, 0.3) is 0 Å². The van der Waals surface area contributed by atoms with E-state index in [0.717, 1.165) is 36.4 Å². The molecular formula is C12H17F3N2OS. The first-order valence-electron chi connectivity index (χ1n) is 6.22. The summed E-state index contributed by atoms with van der Waals surface area (Å²) in [6, 6.07) is 0.0687. The van der Waals surface area contributed by atoms with Crippen molar-refractivity contribution in [2.24, 2.45) is 5.92 Å². The smallest absolute Gasteiger partial charge is 0.381 e. The van der Waals surface area contributed by atoms with Crippen LogP contribution in [0.1, 0.15) is 37.0 Å². The summed E-state index contributed by atoms with van der Waals surface area (Å²) in [6.07, 6.45) is -3.38. The third-order valence-corrected chi connectivity index (χ3v) is 4.14. The second kappa shape index (κ2) is 5.76. The minimum absolute atomic E-state index is 0.169. The van der Waals surface area contributed by atoms with E-state index in [-0.39, 0.29) is 12.1 Å². The maximum Gasteiger partial charge on any atom is 0.434 e. The maximum absolute atomic E-state index is 12.5. The lowest BCUT2D eigenvalue weighted by molar-refractivity contribution is -0.140. The molecule has 108 valence electrons. The Morgan fingerprint density at radius 2 is 2.16 bits per heavy atom. The van der Waals surface area contributed by atoms with Gasteiger partial charge in [0.1, 0.15) is 5.01 Å². The number of alkyl halides is 3. The molecular weight excluding hydrogens is 277 g/mol. The van der Waals surface area contributed by atoms with Crippen LogP contribution >= 0.6 is 11.3 Å². The van der Waals surface area contributed by atoms with E-state index in [1.54, 1.807) is 0 Å². The molecule has 2 rings (SSSR count). The number of hydrogen-bond acceptors (Lipinski definition) is 4. The highest BCUT2D eigenvalue weighted by atomic mass is 32.1. The van der Waals surface area contributed by atoms with Crippen LogP contribution < -0.4 is 5.32 Å². The molecule has 3 nitrogen and oxygen atoms in total. The summed E-state index contributed by atoms with van der Waals surface area (Å²) in [6.45, 7) is 5.45. The van der Waals surface area contributed by atoms with E-state index >= 15 is 0 Å². The van der Waals surface area contributed by atoms with Gasteiger partial charge in [-0.3, -0.25) is 0 Å². The van der Waals surface area contributed by atoms with Crippen molar-refractivity contribution in [1.29, 1.82) is 0 Å². The monoisotopic (exact) mass is 294 g/mol.